The minimum atomic E-state index is -0.525. The molecule has 100 valence electrons. The summed E-state index contributed by atoms with van der Waals surface area (Å²) in [6.45, 7) is 2.17. The van der Waals surface area contributed by atoms with Crippen molar-refractivity contribution >= 4 is 0 Å². The van der Waals surface area contributed by atoms with Crippen molar-refractivity contribution in [1.82, 2.24) is 4.98 Å². The lowest BCUT2D eigenvalue weighted by Crippen LogP contribution is -1.99. The molecule has 0 saturated carbocycles. The lowest BCUT2D eigenvalue weighted by molar-refractivity contribution is 0.198. The van der Waals surface area contributed by atoms with E-state index >= 15 is 0 Å². The lowest BCUT2D eigenvalue weighted by atomic mass is 10.1. The summed E-state index contributed by atoms with van der Waals surface area (Å²) in [6, 6.07) is 9.22. The number of aliphatic hydroxyl groups excluding tert-OH is 1. The second kappa shape index (κ2) is 6.20. The van der Waals surface area contributed by atoms with Gasteiger partial charge in [0.25, 0.3) is 0 Å². The molecule has 1 aromatic heterocycles. The SMILES string of the molecule is COc1cc(C(C)O)ccc1OCc1ccncc1. The van der Waals surface area contributed by atoms with E-state index in [1.807, 2.05) is 24.3 Å². The zero-order valence-corrected chi connectivity index (χ0v) is 11.0. The third kappa shape index (κ3) is 3.45. The molecule has 2 rings (SSSR count). The summed E-state index contributed by atoms with van der Waals surface area (Å²) in [4.78, 5) is 3.96. The average Bonchev–Trinajstić information content (AvgIpc) is 2.45. The van der Waals surface area contributed by atoms with E-state index in [-0.39, 0.29) is 0 Å². The van der Waals surface area contributed by atoms with E-state index < -0.39 is 6.10 Å². The number of aromatic nitrogens is 1. The van der Waals surface area contributed by atoms with Crippen LogP contribution >= 0.6 is 0 Å². The summed E-state index contributed by atoms with van der Waals surface area (Å²) < 4.78 is 11.0. The molecule has 0 spiro atoms. The fraction of sp³-hybridized carbons (Fsp3) is 0.267. The topological polar surface area (TPSA) is 51.6 Å². The van der Waals surface area contributed by atoms with Crippen molar-refractivity contribution in [2.75, 3.05) is 7.11 Å². The smallest absolute Gasteiger partial charge is 0.161 e. The van der Waals surface area contributed by atoms with Crippen LogP contribution in [-0.2, 0) is 6.61 Å². The number of methoxy groups -OCH3 is 1. The molecule has 0 aliphatic heterocycles. The van der Waals surface area contributed by atoms with E-state index in [1.165, 1.54) is 0 Å². The number of ether oxygens (including phenoxy) is 2. The van der Waals surface area contributed by atoms with E-state index in [9.17, 15) is 5.11 Å². The Bertz CT molecular complexity index is 526. The van der Waals surface area contributed by atoms with Gasteiger partial charge in [0, 0.05) is 12.4 Å². The van der Waals surface area contributed by atoms with Crippen LogP contribution in [0.3, 0.4) is 0 Å². The number of nitrogens with zero attached hydrogens (tertiary/aromatic N) is 1. The Morgan fingerprint density at radius 2 is 1.89 bits per heavy atom. The monoisotopic (exact) mass is 259 g/mol. The third-order valence-corrected chi connectivity index (χ3v) is 2.81. The molecular formula is C15H17NO3. The molecule has 0 fully saturated rings. The zero-order valence-electron chi connectivity index (χ0n) is 11.0. The van der Waals surface area contributed by atoms with Crippen molar-refractivity contribution in [2.45, 2.75) is 19.6 Å². The zero-order chi connectivity index (χ0) is 13.7. The number of aliphatic hydroxyl groups is 1. The molecule has 0 aliphatic carbocycles. The average molecular weight is 259 g/mol. The Labute approximate surface area is 112 Å². The molecule has 19 heavy (non-hydrogen) atoms. The molecule has 4 heteroatoms. The van der Waals surface area contributed by atoms with E-state index in [0.717, 1.165) is 11.1 Å². The van der Waals surface area contributed by atoms with Crippen molar-refractivity contribution in [1.29, 1.82) is 0 Å². The highest BCUT2D eigenvalue weighted by atomic mass is 16.5. The summed E-state index contributed by atoms with van der Waals surface area (Å²) in [5, 5.41) is 9.54. The van der Waals surface area contributed by atoms with Crippen LogP contribution in [0.4, 0.5) is 0 Å². The quantitative estimate of drug-likeness (QED) is 0.897. The first kappa shape index (κ1) is 13.4. The second-order valence-electron chi connectivity index (χ2n) is 4.23. The molecule has 0 bridgehead atoms. The predicted octanol–water partition coefficient (Wildman–Crippen LogP) is 2.72. The van der Waals surface area contributed by atoms with Gasteiger partial charge in [-0.2, -0.15) is 0 Å². The maximum absolute atomic E-state index is 9.54. The van der Waals surface area contributed by atoms with Gasteiger partial charge in [-0.05, 0) is 42.3 Å². The first-order valence-electron chi connectivity index (χ1n) is 6.08. The predicted molar refractivity (Wildman–Crippen MR) is 72.2 cm³/mol. The molecule has 0 aliphatic rings. The van der Waals surface area contributed by atoms with E-state index in [1.54, 1.807) is 32.5 Å². The molecule has 1 atom stereocenters. The molecule has 1 heterocycles. The maximum atomic E-state index is 9.54. The van der Waals surface area contributed by atoms with E-state index in [2.05, 4.69) is 4.98 Å². The lowest BCUT2D eigenvalue weighted by Gasteiger charge is -2.13. The van der Waals surface area contributed by atoms with Crippen molar-refractivity contribution in [3.8, 4) is 11.5 Å². The fourth-order valence-electron chi connectivity index (χ4n) is 1.70. The Morgan fingerprint density at radius 3 is 2.53 bits per heavy atom. The van der Waals surface area contributed by atoms with Gasteiger partial charge in [0.15, 0.2) is 11.5 Å². The highest BCUT2D eigenvalue weighted by Gasteiger charge is 2.08. The van der Waals surface area contributed by atoms with Crippen LogP contribution in [0, 0.1) is 0 Å². The summed E-state index contributed by atoms with van der Waals surface area (Å²) in [6.07, 6.45) is 2.93. The van der Waals surface area contributed by atoms with Crippen molar-refractivity contribution in [3.05, 3.63) is 53.9 Å². The van der Waals surface area contributed by atoms with Crippen molar-refractivity contribution in [2.24, 2.45) is 0 Å². The van der Waals surface area contributed by atoms with Crippen LogP contribution in [-0.4, -0.2) is 17.2 Å². The number of hydrogen-bond acceptors (Lipinski definition) is 4. The van der Waals surface area contributed by atoms with Gasteiger partial charge in [-0.1, -0.05) is 6.07 Å². The highest BCUT2D eigenvalue weighted by molar-refractivity contribution is 5.43. The molecule has 0 amide bonds. The summed E-state index contributed by atoms with van der Waals surface area (Å²) in [5.74, 6) is 1.27. The Kier molecular flexibility index (Phi) is 4.36. The Morgan fingerprint density at radius 1 is 1.16 bits per heavy atom. The van der Waals surface area contributed by atoms with Crippen LogP contribution < -0.4 is 9.47 Å². The van der Waals surface area contributed by atoms with Gasteiger partial charge < -0.3 is 14.6 Å². The molecule has 2 aromatic rings. The van der Waals surface area contributed by atoms with Gasteiger partial charge in [0.2, 0.25) is 0 Å². The molecule has 0 radical (unpaired) electrons. The second-order valence-corrected chi connectivity index (χ2v) is 4.23. The highest BCUT2D eigenvalue weighted by Crippen LogP contribution is 2.30. The first-order valence-corrected chi connectivity index (χ1v) is 6.08. The van der Waals surface area contributed by atoms with Crippen LogP contribution in [0.2, 0.25) is 0 Å². The normalized spacial score (nSPS) is 11.9. The number of hydrogen-bond donors (Lipinski definition) is 1. The molecule has 1 unspecified atom stereocenters. The van der Waals surface area contributed by atoms with Gasteiger partial charge in [-0.25, -0.2) is 0 Å². The van der Waals surface area contributed by atoms with Crippen LogP contribution in [0.15, 0.2) is 42.7 Å². The molecular weight excluding hydrogens is 242 g/mol. The minimum Gasteiger partial charge on any atom is -0.493 e. The van der Waals surface area contributed by atoms with Crippen molar-refractivity contribution in [3.63, 3.8) is 0 Å². The summed E-state index contributed by atoms with van der Waals surface area (Å²) in [7, 11) is 1.58. The molecule has 1 aromatic carbocycles. The van der Waals surface area contributed by atoms with Crippen LogP contribution in [0.25, 0.3) is 0 Å². The van der Waals surface area contributed by atoms with Crippen molar-refractivity contribution < 1.29 is 14.6 Å². The molecule has 1 N–H and O–H groups in total. The van der Waals surface area contributed by atoms with E-state index in [4.69, 9.17) is 9.47 Å². The third-order valence-electron chi connectivity index (χ3n) is 2.81. The molecule has 0 saturated heterocycles. The van der Waals surface area contributed by atoms with Gasteiger partial charge in [0.05, 0.1) is 13.2 Å². The summed E-state index contributed by atoms with van der Waals surface area (Å²) >= 11 is 0. The number of benzene rings is 1. The van der Waals surface area contributed by atoms with Crippen LogP contribution in [0.5, 0.6) is 11.5 Å². The van der Waals surface area contributed by atoms with Gasteiger partial charge >= 0.3 is 0 Å². The van der Waals surface area contributed by atoms with Crippen LogP contribution in [0.1, 0.15) is 24.2 Å². The Balaban J connectivity index is 2.12. The molecule has 4 nitrogen and oxygen atoms in total. The maximum Gasteiger partial charge on any atom is 0.161 e. The summed E-state index contributed by atoms with van der Waals surface area (Å²) in [5.41, 5.74) is 1.84. The standard InChI is InChI=1S/C15H17NO3/c1-11(17)13-3-4-14(15(9-13)18-2)19-10-12-5-7-16-8-6-12/h3-9,11,17H,10H2,1-2H3. The number of pyridine rings is 1. The Hall–Kier alpha value is -2.07. The minimum absolute atomic E-state index is 0.451. The van der Waals surface area contributed by atoms with Gasteiger partial charge in [0.1, 0.15) is 6.61 Å². The first-order chi connectivity index (χ1) is 9.20. The van der Waals surface area contributed by atoms with E-state index in [0.29, 0.717) is 18.1 Å². The fourth-order valence-corrected chi connectivity index (χ4v) is 1.70. The van der Waals surface area contributed by atoms with Gasteiger partial charge in [-0.3, -0.25) is 4.98 Å². The van der Waals surface area contributed by atoms with Gasteiger partial charge in [-0.15, -0.1) is 0 Å². The number of rotatable bonds is 5. The largest absolute Gasteiger partial charge is 0.493 e.